The van der Waals surface area contributed by atoms with E-state index in [4.69, 9.17) is 0 Å². The maximum absolute atomic E-state index is 13.4. The van der Waals surface area contributed by atoms with Gasteiger partial charge in [0.2, 0.25) is 0 Å². The monoisotopic (exact) mass is 180 g/mol. The van der Waals surface area contributed by atoms with Crippen LogP contribution in [0, 0.1) is 11.7 Å². The molecular formula is C11H13FO. The summed E-state index contributed by atoms with van der Waals surface area (Å²) in [7, 11) is 0. The van der Waals surface area contributed by atoms with Crippen LogP contribution in [0.1, 0.15) is 18.9 Å². The van der Waals surface area contributed by atoms with E-state index >= 15 is 0 Å². The Kier molecular flexibility index (Phi) is 1.88. The first kappa shape index (κ1) is 8.70. The summed E-state index contributed by atoms with van der Waals surface area (Å²) in [5.74, 6) is 0.204. The highest BCUT2D eigenvalue weighted by atomic mass is 19.1. The second kappa shape index (κ2) is 2.81. The van der Waals surface area contributed by atoms with Gasteiger partial charge >= 0.3 is 0 Å². The number of aliphatic hydroxyl groups is 1. The summed E-state index contributed by atoms with van der Waals surface area (Å²) >= 11 is 0. The van der Waals surface area contributed by atoms with E-state index in [1.54, 1.807) is 12.1 Å². The predicted molar refractivity (Wildman–Crippen MR) is 48.9 cm³/mol. The van der Waals surface area contributed by atoms with Crippen LogP contribution in [-0.2, 0) is 5.41 Å². The van der Waals surface area contributed by atoms with Gasteiger partial charge in [-0.25, -0.2) is 4.39 Å². The lowest BCUT2D eigenvalue weighted by atomic mass is 9.94. The van der Waals surface area contributed by atoms with Crippen molar-refractivity contribution in [2.24, 2.45) is 5.92 Å². The van der Waals surface area contributed by atoms with Crippen molar-refractivity contribution in [2.75, 3.05) is 6.61 Å². The summed E-state index contributed by atoms with van der Waals surface area (Å²) in [6, 6.07) is 6.73. The molecule has 2 rings (SSSR count). The zero-order valence-electron chi connectivity index (χ0n) is 7.63. The Balaban J connectivity index is 2.41. The van der Waals surface area contributed by atoms with Crippen molar-refractivity contribution >= 4 is 0 Å². The second-order valence-corrected chi connectivity index (χ2v) is 3.90. The third-order valence-corrected chi connectivity index (χ3v) is 3.15. The fraction of sp³-hybridized carbons (Fsp3) is 0.455. The third-order valence-electron chi connectivity index (χ3n) is 3.15. The Morgan fingerprint density at radius 2 is 2.15 bits per heavy atom. The molecule has 1 nitrogen and oxygen atoms in total. The minimum Gasteiger partial charge on any atom is -0.395 e. The highest BCUT2D eigenvalue weighted by Crippen LogP contribution is 2.54. The van der Waals surface area contributed by atoms with Crippen molar-refractivity contribution in [3.05, 3.63) is 35.6 Å². The Hall–Kier alpha value is -0.890. The van der Waals surface area contributed by atoms with Gasteiger partial charge in [0.15, 0.2) is 0 Å². The van der Waals surface area contributed by atoms with Crippen molar-refractivity contribution in [3.8, 4) is 0 Å². The molecule has 0 bridgehead atoms. The first-order valence-electron chi connectivity index (χ1n) is 4.56. The number of benzene rings is 1. The van der Waals surface area contributed by atoms with E-state index in [-0.39, 0.29) is 17.8 Å². The molecule has 70 valence electrons. The van der Waals surface area contributed by atoms with Gasteiger partial charge in [0.25, 0.3) is 0 Å². The van der Waals surface area contributed by atoms with E-state index in [1.165, 1.54) is 6.07 Å². The van der Waals surface area contributed by atoms with Crippen molar-refractivity contribution < 1.29 is 9.50 Å². The number of hydrogen-bond donors (Lipinski definition) is 1. The molecule has 0 saturated heterocycles. The molecule has 1 aromatic carbocycles. The van der Waals surface area contributed by atoms with Gasteiger partial charge in [0.05, 0.1) is 6.61 Å². The van der Waals surface area contributed by atoms with Crippen LogP contribution in [0.3, 0.4) is 0 Å². The first-order valence-corrected chi connectivity index (χ1v) is 4.56. The van der Waals surface area contributed by atoms with Crippen molar-refractivity contribution in [1.29, 1.82) is 0 Å². The third kappa shape index (κ3) is 1.17. The molecular weight excluding hydrogens is 167 g/mol. The Morgan fingerprint density at radius 3 is 2.62 bits per heavy atom. The highest BCUT2D eigenvalue weighted by molar-refractivity contribution is 5.34. The van der Waals surface area contributed by atoms with E-state index < -0.39 is 0 Å². The molecule has 13 heavy (non-hydrogen) atoms. The Bertz CT molecular complexity index is 320. The summed E-state index contributed by atoms with van der Waals surface area (Å²) in [4.78, 5) is 0. The number of halogens is 1. The molecule has 0 heterocycles. The zero-order valence-corrected chi connectivity index (χ0v) is 7.63. The number of hydrogen-bond acceptors (Lipinski definition) is 1. The summed E-state index contributed by atoms with van der Waals surface area (Å²) in [6.07, 6.45) is 0.893. The molecule has 1 saturated carbocycles. The van der Waals surface area contributed by atoms with Crippen molar-refractivity contribution in [2.45, 2.75) is 18.8 Å². The molecule has 2 atom stereocenters. The lowest BCUT2D eigenvalue weighted by molar-refractivity contribution is 0.244. The molecule has 0 spiro atoms. The van der Waals surface area contributed by atoms with E-state index in [0.29, 0.717) is 11.5 Å². The maximum atomic E-state index is 13.4. The first-order chi connectivity index (χ1) is 6.20. The Morgan fingerprint density at radius 1 is 1.54 bits per heavy atom. The van der Waals surface area contributed by atoms with Crippen LogP contribution < -0.4 is 0 Å². The predicted octanol–water partition coefficient (Wildman–Crippen LogP) is 2.10. The fourth-order valence-corrected chi connectivity index (χ4v) is 2.03. The fourth-order valence-electron chi connectivity index (χ4n) is 2.03. The normalized spacial score (nSPS) is 31.8. The average Bonchev–Trinajstić information content (AvgIpc) is 2.79. The van der Waals surface area contributed by atoms with Gasteiger partial charge in [-0.1, -0.05) is 25.1 Å². The molecule has 1 fully saturated rings. The quantitative estimate of drug-likeness (QED) is 0.739. The van der Waals surface area contributed by atoms with E-state index in [0.717, 1.165) is 6.42 Å². The van der Waals surface area contributed by atoms with Gasteiger partial charge in [-0.15, -0.1) is 0 Å². The van der Waals surface area contributed by atoms with Crippen LogP contribution in [0.2, 0.25) is 0 Å². The molecule has 2 heteroatoms. The minimum atomic E-state index is -0.286. The molecule has 1 N–H and O–H groups in total. The van der Waals surface area contributed by atoms with Crippen LogP contribution in [0.5, 0.6) is 0 Å². The molecule has 0 aromatic heterocycles. The molecule has 0 radical (unpaired) electrons. The largest absolute Gasteiger partial charge is 0.395 e. The van der Waals surface area contributed by atoms with Crippen LogP contribution >= 0.6 is 0 Å². The maximum Gasteiger partial charge on any atom is 0.127 e. The van der Waals surface area contributed by atoms with Crippen molar-refractivity contribution in [1.82, 2.24) is 0 Å². The number of aliphatic hydroxyl groups excluding tert-OH is 1. The minimum absolute atomic E-state index is 0.0507. The van der Waals surface area contributed by atoms with Gasteiger partial charge in [0.1, 0.15) is 5.82 Å². The molecule has 2 unspecified atom stereocenters. The summed E-state index contributed by atoms with van der Waals surface area (Å²) < 4.78 is 13.4. The zero-order chi connectivity index (χ0) is 9.47. The van der Waals surface area contributed by atoms with E-state index in [1.807, 2.05) is 13.0 Å². The molecule has 1 aromatic rings. The lowest BCUT2D eigenvalue weighted by Gasteiger charge is -2.14. The molecule has 0 amide bonds. The van der Waals surface area contributed by atoms with Crippen molar-refractivity contribution in [3.63, 3.8) is 0 Å². The standard InChI is InChI=1S/C11H13FO/c1-8-6-11(8,7-13)9-4-2-3-5-10(9)12/h2-5,8,13H,6-7H2,1H3. The summed E-state index contributed by atoms with van der Waals surface area (Å²) in [5, 5.41) is 9.24. The van der Waals surface area contributed by atoms with Crippen LogP contribution in [0.4, 0.5) is 4.39 Å². The van der Waals surface area contributed by atoms with Crippen LogP contribution in [0.15, 0.2) is 24.3 Å². The van der Waals surface area contributed by atoms with Crippen LogP contribution in [0.25, 0.3) is 0 Å². The van der Waals surface area contributed by atoms with Crippen LogP contribution in [-0.4, -0.2) is 11.7 Å². The second-order valence-electron chi connectivity index (χ2n) is 3.90. The summed E-state index contributed by atoms with van der Waals surface area (Å²) in [6.45, 7) is 2.10. The number of rotatable bonds is 2. The van der Waals surface area contributed by atoms with Gasteiger partial charge in [-0.3, -0.25) is 0 Å². The van der Waals surface area contributed by atoms with Gasteiger partial charge in [-0.2, -0.15) is 0 Å². The van der Waals surface area contributed by atoms with E-state index in [9.17, 15) is 9.50 Å². The lowest BCUT2D eigenvalue weighted by Crippen LogP contribution is -2.16. The topological polar surface area (TPSA) is 20.2 Å². The highest BCUT2D eigenvalue weighted by Gasteiger charge is 2.53. The molecule has 1 aliphatic carbocycles. The van der Waals surface area contributed by atoms with Gasteiger partial charge < -0.3 is 5.11 Å². The Labute approximate surface area is 77.2 Å². The van der Waals surface area contributed by atoms with Gasteiger partial charge in [0, 0.05) is 5.41 Å². The van der Waals surface area contributed by atoms with E-state index in [2.05, 4.69) is 0 Å². The van der Waals surface area contributed by atoms with Gasteiger partial charge in [-0.05, 0) is 24.0 Å². The molecule has 1 aliphatic rings. The SMILES string of the molecule is CC1CC1(CO)c1ccccc1F. The smallest absolute Gasteiger partial charge is 0.127 e. The average molecular weight is 180 g/mol. The summed E-state index contributed by atoms with van der Waals surface area (Å²) in [5.41, 5.74) is 0.385. The molecule has 0 aliphatic heterocycles.